The molecular weight excluding hydrogens is 425 g/mol. The number of nitrogens with one attached hydrogen (secondary N) is 1. The third kappa shape index (κ3) is 6.45. The van der Waals surface area contributed by atoms with E-state index in [1.165, 1.54) is 49.6 Å². The lowest BCUT2D eigenvalue weighted by Crippen LogP contribution is -2.20. The van der Waals surface area contributed by atoms with Gasteiger partial charge in [0.2, 0.25) is 0 Å². The van der Waals surface area contributed by atoms with Gasteiger partial charge in [0.25, 0.3) is 5.91 Å². The Morgan fingerprint density at radius 2 is 1.68 bits per heavy atom. The summed E-state index contributed by atoms with van der Waals surface area (Å²) in [5, 5.41) is 3.19. The molecule has 0 aromatic heterocycles. The van der Waals surface area contributed by atoms with Crippen LogP contribution < -0.4 is 14.8 Å². The van der Waals surface area contributed by atoms with Gasteiger partial charge in [-0.05, 0) is 60.2 Å². The fourth-order valence-electron chi connectivity index (χ4n) is 2.60. The van der Waals surface area contributed by atoms with Crippen molar-refractivity contribution >= 4 is 29.2 Å². The first-order chi connectivity index (χ1) is 14.9. The Morgan fingerprint density at radius 1 is 0.968 bits per heavy atom. The largest absolute Gasteiger partial charge is 0.493 e. The zero-order chi connectivity index (χ0) is 22.2. The quantitative estimate of drug-likeness (QED) is 0.503. The van der Waals surface area contributed by atoms with Gasteiger partial charge >= 0.3 is 5.97 Å². The highest BCUT2D eigenvalue weighted by molar-refractivity contribution is 6.30. The molecule has 1 N–H and O–H groups in total. The molecule has 3 rings (SSSR count). The third-order valence-electron chi connectivity index (χ3n) is 4.17. The predicted molar refractivity (Wildman–Crippen MR) is 114 cm³/mol. The minimum atomic E-state index is -0.533. The van der Waals surface area contributed by atoms with Crippen LogP contribution in [-0.4, -0.2) is 25.6 Å². The van der Waals surface area contributed by atoms with Crippen LogP contribution in [0.1, 0.15) is 15.9 Å². The molecule has 0 saturated heterocycles. The van der Waals surface area contributed by atoms with E-state index in [4.69, 9.17) is 25.8 Å². The molecule has 0 aliphatic carbocycles. The van der Waals surface area contributed by atoms with Crippen LogP contribution in [0.25, 0.3) is 0 Å². The van der Waals surface area contributed by atoms with Gasteiger partial charge in [-0.2, -0.15) is 0 Å². The Balaban J connectivity index is 1.57. The summed E-state index contributed by atoms with van der Waals surface area (Å²) in [5.74, 6) is -0.804. The second-order valence-electron chi connectivity index (χ2n) is 6.41. The summed E-state index contributed by atoms with van der Waals surface area (Å²) in [6.07, 6.45) is 0. The second-order valence-corrected chi connectivity index (χ2v) is 6.85. The standard InChI is InChI=1S/C23H19ClFNO5/c1-29-21-12-16(23(28)31-13-15-2-5-17(24)6-3-15)4-11-20(21)30-14-22(27)26-19-9-7-18(25)8-10-19/h2-12H,13-14H2,1H3,(H,26,27). The molecule has 8 heteroatoms. The van der Waals surface area contributed by atoms with E-state index in [2.05, 4.69) is 5.32 Å². The number of benzene rings is 3. The molecule has 31 heavy (non-hydrogen) atoms. The molecule has 6 nitrogen and oxygen atoms in total. The van der Waals surface area contributed by atoms with E-state index in [9.17, 15) is 14.0 Å². The van der Waals surface area contributed by atoms with Crippen molar-refractivity contribution in [2.75, 3.05) is 19.0 Å². The minimum absolute atomic E-state index is 0.0973. The van der Waals surface area contributed by atoms with Gasteiger partial charge in [-0.15, -0.1) is 0 Å². The van der Waals surface area contributed by atoms with E-state index < -0.39 is 17.7 Å². The minimum Gasteiger partial charge on any atom is -0.493 e. The molecule has 0 atom stereocenters. The Kier molecular flexibility index (Phi) is 7.45. The average Bonchev–Trinajstić information content (AvgIpc) is 2.78. The Labute approximate surface area is 183 Å². The number of rotatable bonds is 8. The van der Waals surface area contributed by atoms with E-state index in [0.29, 0.717) is 10.7 Å². The third-order valence-corrected chi connectivity index (χ3v) is 4.42. The van der Waals surface area contributed by atoms with Gasteiger partial charge in [-0.3, -0.25) is 4.79 Å². The number of ether oxygens (including phenoxy) is 3. The number of anilines is 1. The van der Waals surface area contributed by atoms with Gasteiger partial charge in [0.1, 0.15) is 12.4 Å². The summed E-state index contributed by atoms with van der Waals surface area (Å²) < 4.78 is 29.0. The molecule has 0 unspecified atom stereocenters. The van der Waals surface area contributed by atoms with Crippen LogP contribution in [0.5, 0.6) is 11.5 Å². The average molecular weight is 444 g/mol. The fourth-order valence-corrected chi connectivity index (χ4v) is 2.73. The highest BCUT2D eigenvalue weighted by Gasteiger charge is 2.14. The highest BCUT2D eigenvalue weighted by atomic mass is 35.5. The lowest BCUT2D eigenvalue weighted by atomic mass is 10.2. The summed E-state index contributed by atoms with van der Waals surface area (Å²) in [5.41, 5.74) is 1.52. The van der Waals surface area contributed by atoms with Crippen molar-refractivity contribution in [1.82, 2.24) is 0 Å². The first kappa shape index (κ1) is 22.1. The fraction of sp³-hybridized carbons (Fsp3) is 0.130. The number of hydrogen-bond donors (Lipinski definition) is 1. The summed E-state index contributed by atoms with van der Waals surface area (Å²) in [6, 6.07) is 16.8. The zero-order valence-electron chi connectivity index (χ0n) is 16.6. The lowest BCUT2D eigenvalue weighted by molar-refractivity contribution is -0.118. The van der Waals surface area contributed by atoms with E-state index in [-0.39, 0.29) is 30.3 Å². The van der Waals surface area contributed by atoms with E-state index in [1.54, 1.807) is 24.3 Å². The van der Waals surface area contributed by atoms with Crippen LogP contribution in [0.2, 0.25) is 5.02 Å². The van der Waals surface area contributed by atoms with Crippen molar-refractivity contribution in [2.24, 2.45) is 0 Å². The van der Waals surface area contributed by atoms with Crippen LogP contribution in [0.3, 0.4) is 0 Å². The van der Waals surface area contributed by atoms with Gasteiger partial charge < -0.3 is 19.5 Å². The number of esters is 1. The first-order valence-corrected chi connectivity index (χ1v) is 9.60. The van der Waals surface area contributed by atoms with Crippen molar-refractivity contribution < 1.29 is 28.2 Å². The van der Waals surface area contributed by atoms with Crippen molar-refractivity contribution in [1.29, 1.82) is 0 Å². The molecule has 0 spiro atoms. The SMILES string of the molecule is COc1cc(C(=O)OCc2ccc(Cl)cc2)ccc1OCC(=O)Nc1ccc(F)cc1. The number of hydrogen-bond acceptors (Lipinski definition) is 5. The van der Waals surface area contributed by atoms with Crippen LogP contribution in [0, 0.1) is 5.82 Å². The first-order valence-electron chi connectivity index (χ1n) is 9.22. The molecule has 160 valence electrons. The molecule has 3 aromatic rings. The molecule has 0 fully saturated rings. The van der Waals surface area contributed by atoms with Crippen molar-refractivity contribution in [3.8, 4) is 11.5 Å². The number of methoxy groups -OCH3 is 1. The number of amides is 1. The van der Waals surface area contributed by atoms with Crippen molar-refractivity contribution in [2.45, 2.75) is 6.61 Å². The van der Waals surface area contributed by atoms with Gasteiger partial charge in [0.15, 0.2) is 18.1 Å². The van der Waals surface area contributed by atoms with Crippen molar-refractivity contribution in [3.63, 3.8) is 0 Å². The van der Waals surface area contributed by atoms with Crippen LogP contribution in [0.4, 0.5) is 10.1 Å². The van der Waals surface area contributed by atoms with E-state index in [0.717, 1.165) is 5.56 Å². The van der Waals surface area contributed by atoms with Gasteiger partial charge in [-0.1, -0.05) is 23.7 Å². The Bertz CT molecular complexity index is 1050. The topological polar surface area (TPSA) is 73.9 Å². The monoisotopic (exact) mass is 443 g/mol. The maximum atomic E-state index is 12.9. The Morgan fingerprint density at radius 3 is 2.35 bits per heavy atom. The second kappa shape index (κ2) is 10.4. The zero-order valence-corrected chi connectivity index (χ0v) is 17.3. The Hall–Kier alpha value is -3.58. The summed E-state index contributed by atoms with van der Waals surface area (Å²) >= 11 is 5.84. The maximum absolute atomic E-state index is 12.9. The maximum Gasteiger partial charge on any atom is 0.338 e. The van der Waals surface area contributed by atoms with Crippen molar-refractivity contribution in [3.05, 3.63) is 88.7 Å². The summed E-state index contributed by atoms with van der Waals surface area (Å²) in [6.45, 7) is -0.200. The molecule has 0 aliphatic rings. The van der Waals surface area contributed by atoms with Gasteiger partial charge in [0.05, 0.1) is 12.7 Å². The highest BCUT2D eigenvalue weighted by Crippen LogP contribution is 2.28. The molecule has 0 saturated carbocycles. The number of carbonyl (C=O) groups excluding carboxylic acids is 2. The number of carbonyl (C=O) groups is 2. The van der Waals surface area contributed by atoms with Gasteiger partial charge in [0, 0.05) is 10.7 Å². The van der Waals surface area contributed by atoms with Crippen LogP contribution >= 0.6 is 11.6 Å². The molecule has 3 aromatic carbocycles. The molecule has 0 bridgehead atoms. The molecule has 0 heterocycles. The molecular formula is C23H19ClFNO5. The number of halogens is 2. The smallest absolute Gasteiger partial charge is 0.338 e. The summed E-state index contributed by atoms with van der Waals surface area (Å²) in [4.78, 5) is 24.4. The van der Waals surface area contributed by atoms with Crippen LogP contribution in [0.15, 0.2) is 66.7 Å². The molecule has 0 aliphatic heterocycles. The lowest BCUT2D eigenvalue weighted by Gasteiger charge is -2.12. The van der Waals surface area contributed by atoms with Gasteiger partial charge in [-0.25, -0.2) is 9.18 Å². The van der Waals surface area contributed by atoms with Crippen LogP contribution in [-0.2, 0) is 16.1 Å². The molecule has 0 radical (unpaired) electrons. The summed E-state index contributed by atoms with van der Waals surface area (Å²) in [7, 11) is 1.42. The van der Waals surface area contributed by atoms with E-state index >= 15 is 0 Å². The normalized spacial score (nSPS) is 10.3. The molecule has 1 amide bonds. The predicted octanol–water partition coefficient (Wildman–Crippen LogP) is 4.86. The van der Waals surface area contributed by atoms with E-state index in [1.807, 2.05) is 0 Å².